The third-order valence-electron chi connectivity index (χ3n) is 4.97. The van der Waals surface area contributed by atoms with E-state index < -0.39 is 0 Å². The summed E-state index contributed by atoms with van der Waals surface area (Å²) in [7, 11) is 0. The normalized spacial score (nSPS) is 16.9. The van der Waals surface area contributed by atoms with E-state index in [4.69, 9.17) is 4.42 Å². The van der Waals surface area contributed by atoms with Crippen LogP contribution in [0.3, 0.4) is 0 Å². The number of nitrogens with one attached hydrogen (secondary N) is 1. The number of carbonyl (C=O) groups is 4. The summed E-state index contributed by atoms with van der Waals surface area (Å²) in [4.78, 5) is 52.7. The zero-order chi connectivity index (χ0) is 21.1. The molecule has 2 aliphatic heterocycles. The van der Waals surface area contributed by atoms with Crippen molar-refractivity contribution < 1.29 is 23.6 Å². The molecule has 30 heavy (non-hydrogen) atoms. The van der Waals surface area contributed by atoms with Gasteiger partial charge in [0.15, 0.2) is 5.76 Å². The van der Waals surface area contributed by atoms with Gasteiger partial charge in [0.25, 0.3) is 11.1 Å². The van der Waals surface area contributed by atoms with Crippen LogP contribution in [-0.2, 0) is 11.3 Å². The first-order chi connectivity index (χ1) is 14.5. The second kappa shape index (κ2) is 8.62. The van der Waals surface area contributed by atoms with Crippen LogP contribution in [0.1, 0.15) is 16.1 Å². The van der Waals surface area contributed by atoms with Crippen molar-refractivity contribution in [3.63, 3.8) is 0 Å². The predicted molar refractivity (Wildman–Crippen MR) is 110 cm³/mol. The van der Waals surface area contributed by atoms with E-state index in [9.17, 15) is 19.2 Å². The molecule has 0 unspecified atom stereocenters. The van der Waals surface area contributed by atoms with Gasteiger partial charge in [-0.3, -0.25) is 19.3 Å². The van der Waals surface area contributed by atoms with Crippen molar-refractivity contribution in [1.29, 1.82) is 0 Å². The fourth-order valence-corrected chi connectivity index (χ4v) is 4.01. The number of benzene rings is 1. The molecule has 2 aliphatic rings. The standard InChI is InChI=1S/C20H20N4O5S/c25-17-13-30-20(28)24(17)12-14-3-5-15(6-4-14)21-19(27)23-9-7-22(8-10-23)18(26)16-2-1-11-29-16/h1-6,11H,7-10,12-13H2,(H,21,27). The topological polar surface area (TPSA) is 103 Å². The van der Waals surface area contributed by atoms with E-state index in [1.54, 1.807) is 46.2 Å². The van der Waals surface area contributed by atoms with Crippen LogP contribution in [0.2, 0.25) is 0 Å². The maximum absolute atomic E-state index is 12.5. The summed E-state index contributed by atoms with van der Waals surface area (Å²) >= 11 is 1.01. The maximum Gasteiger partial charge on any atom is 0.321 e. The Bertz CT molecular complexity index is 936. The molecule has 156 valence electrons. The number of urea groups is 1. The van der Waals surface area contributed by atoms with Crippen LogP contribution in [0.4, 0.5) is 15.3 Å². The molecule has 1 aromatic carbocycles. The van der Waals surface area contributed by atoms with Gasteiger partial charge in [0.1, 0.15) is 0 Å². The molecule has 1 aromatic heterocycles. The number of thioether (sulfide) groups is 1. The molecule has 0 atom stereocenters. The maximum atomic E-state index is 12.5. The van der Waals surface area contributed by atoms with Gasteiger partial charge in [0.2, 0.25) is 5.91 Å². The van der Waals surface area contributed by atoms with Crippen LogP contribution in [0.15, 0.2) is 47.1 Å². The fraction of sp³-hybridized carbons (Fsp3) is 0.300. The molecule has 3 heterocycles. The van der Waals surface area contributed by atoms with Gasteiger partial charge in [0.05, 0.1) is 18.6 Å². The Morgan fingerprint density at radius 2 is 1.70 bits per heavy atom. The van der Waals surface area contributed by atoms with Gasteiger partial charge < -0.3 is 19.5 Å². The van der Waals surface area contributed by atoms with E-state index in [0.717, 1.165) is 17.3 Å². The predicted octanol–water partition coefficient (Wildman–Crippen LogP) is 2.46. The molecule has 5 amide bonds. The first kappa shape index (κ1) is 20.0. The van der Waals surface area contributed by atoms with Crippen LogP contribution in [0.5, 0.6) is 0 Å². The Hall–Kier alpha value is -3.27. The van der Waals surface area contributed by atoms with Crippen molar-refractivity contribution in [2.45, 2.75) is 6.54 Å². The van der Waals surface area contributed by atoms with Crippen molar-refractivity contribution in [2.24, 2.45) is 0 Å². The Kier molecular flexibility index (Phi) is 5.75. The van der Waals surface area contributed by atoms with E-state index in [-0.39, 0.29) is 35.4 Å². The van der Waals surface area contributed by atoms with Gasteiger partial charge >= 0.3 is 6.03 Å². The van der Waals surface area contributed by atoms with Crippen molar-refractivity contribution in [1.82, 2.24) is 14.7 Å². The molecular formula is C20H20N4O5S. The summed E-state index contributed by atoms with van der Waals surface area (Å²) in [6.07, 6.45) is 1.46. The van der Waals surface area contributed by atoms with Gasteiger partial charge in [-0.2, -0.15) is 0 Å². The first-order valence-corrected chi connectivity index (χ1v) is 10.4. The number of hydrogen-bond donors (Lipinski definition) is 1. The van der Waals surface area contributed by atoms with Gasteiger partial charge in [0, 0.05) is 31.9 Å². The molecule has 0 radical (unpaired) electrons. The van der Waals surface area contributed by atoms with Crippen LogP contribution in [0, 0.1) is 0 Å². The van der Waals surface area contributed by atoms with Crippen LogP contribution in [0.25, 0.3) is 0 Å². The summed E-state index contributed by atoms with van der Waals surface area (Å²) in [5, 5.41) is 2.60. The van der Waals surface area contributed by atoms with E-state index in [1.165, 1.54) is 11.2 Å². The molecule has 2 fully saturated rings. The van der Waals surface area contributed by atoms with Crippen molar-refractivity contribution in [2.75, 3.05) is 37.2 Å². The largest absolute Gasteiger partial charge is 0.459 e. The fourth-order valence-electron chi connectivity index (χ4n) is 3.28. The Labute approximate surface area is 177 Å². The average Bonchev–Trinajstić information content (AvgIpc) is 3.41. The quantitative estimate of drug-likeness (QED) is 0.803. The van der Waals surface area contributed by atoms with E-state index in [0.29, 0.717) is 37.6 Å². The first-order valence-electron chi connectivity index (χ1n) is 9.46. The Balaban J connectivity index is 1.27. The molecule has 0 bridgehead atoms. The molecule has 0 aliphatic carbocycles. The summed E-state index contributed by atoms with van der Waals surface area (Å²) in [5.41, 5.74) is 1.42. The zero-order valence-corrected chi connectivity index (χ0v) is 16.9. The number of hydrogen-bond acceptors (Lipinski definition) is 6. The third kappa shape index (κ3) is 4.33. The van der Waals surface area contributed by atoms with E-state index in [1.807, 2.05) is 0 Å². The SMILES string of the molecule is O=C(Nc1ccc(CN2C(=O)CSC2=O)cc1)N1CCN(C(=O)c2ccco2)CC1. The summed E-state index contributed by atoms with van der Waals surface area (Å²) in [5.74, 6) is 0.118. The monoisotopic (exact) mass is 428 g/mol. The minimum Gasteiger partial charge on any atom is -0.459 e. The van der Waals surface area contributed by atoms with Gasteiger partial charge in [-0.1, -0.05) is 23.9 Å². The lowest BCUT2D eigenvalue weighted by atomic mass is 10.2. The molecular weight excluding hydrogens is 408 g/mol. The highest BCUT2D eigenvalue weighted by atomic mass is 32.2. The second-order valence-electron chi connectivity index (χ2n) is 6.92. The summed E-state index contributed by atoms with van der Waals surface area (Å²) in [6.45, 7) is 1.94. The highest BCUT2D eigenvalue weighted by molar-refractivity contribution is 8.14. The zero-order valence-electron chi connectivity index (χ0n) is 16.1. The van der Waals surface area contributed by atoms with E-state index in [2.05, 4.69) is 5.32 Å². The second-order valence-corrected chi connectivity index (χ2v) is 7.84. The van der Waals surface area contributed by atoms with Crippen LogP contribution >= 0.6 is 11.8 Å². The lowest BCUT2D eigenvalue weighted by Crippen LogP contribution is -2.51. The minimum absolute atomic E-state index is 0.177. The number of piperazine rings is 1. The van der Waals surface area contributed by atoms with Gasteiger partial charge in [-0.15, -0.1) is 0 Å². The van der Waals surface area contributed by atoms with Crippen molar-refractivity contribution >= 4 is 40.5 Å². The molecule has 1 N–H and O–H groups in total. The molecule has 2 aromatic rings. The highest BCUT2D eigenvalue weighted by Crippen LogP contribution is 2.22. The number of nitrogens with zero attached hydrogens (tertiary/aromatic N) is 3. The molecule has 0 saturated carbocycles. The van der Waals surface area contributed by atoms with Crippen LogP contribution in [-0.4, -0.2) is 69.7 Å². The Morgan fingerprint density at radius 1 is 1.00 bits per heavy atom. The number of imide groups is 1. The van der Waals surface area contributed by atoms with Crippen molar-refractivity contribution in [3.05, 3.63) is 54.0 Å². The molecule has 9 nitrogen and oxygen atoms in total. The van der Waals surface area contributed by atoms with Crippen molar-refractivity contribution in [3.8, 4) is 0 Å². The molecule has 4 rings (SSSR count). The molecule has 0 spiro atoms. The minimum atomic E-state index is -0.242. The smallest absolute Gasteiger partial charge is 0.321 e. The highest BCUT2D eigenvalue weighted by Gasteiger charge is 2.30. The number of amides is 5. The van der Waals surface area contributed by atoms with Gasteiger partial charge in [-0.05, 0) is 29.8 Å². The number of carbonyl (C=O) groups excluding carboxylic acids is 4. The lowest BCUT2D eigenvalue weighted by Gasteiger charge is -2.34. The number of rotatable bonds is 4. The lowest BCUT2D eigenvalue weighted by molar-refractivity contribution is -0.125. The van der Waals surface area contributed by atoms with E-state index >= 15 is 0 Å². The van der Waals surface area contributed by atoms with Gasteiger partial charge in [-0.25, -0.2) is 4.79 Å². The summed E-state index contributed by atoms with van der Waals surface area (Å²) < 4.78 is 5.14. The Morgan fingerprint density at radius 3 is 2.30 bits per heavy atom. The summed E-state index contributed by atoms with van der Waals surface area (Å²) in [6, 6.07) is 10.1. The molecule has 2 saturated heterocycles. The number of furan rings is 1. The molecule has 10 heteroatoms. The average molecular weight is 428 g/mol. The third-order valence-corrected chi connectivity index (χ3v) is 5.83. The van der Waals surface area contributed by atoms with Crippen LogP contribution < -0.4 is 5.32 Å². The number of anilines is 1.